The molecule has 1 spiro atoms. The fourth-order valence-corrected chi connectivity index (χ4v) is 5.28. The number of amides is 1. The van der Waals surface area contributed by atoms with E-state index < -0.39 is 0 Å². The number of nitrogens with zero attached hydrogens (tertiary/aromatic N) is 5. The van der Waals surface area contributed by atoms with E-state index in [-0.39, 0.29) is 17.4 Å². The van der Waals surface area contributed by atoms with E-state index in [2.05, 4.69) is 32.0 Å². The van der Waals surface area contributed by atoms with Crippen molar-refractivity contribution in [2.75, 3.05) is 26.7 Å². The van der Waals surface area contributed by atoms with Gasteiger partial charge >= 0.3 is 0 Å². The Morgan fingerprint density at radius 2 is 2.04 bits per heavy atom. The topological polar surface area (TPSA) is 75.4 Å². The second-order valence-corrected chi connectivity index (χ2v) is 8.86. The van der Waals surface area contributed by atoms with Gasteiger partial charge in [0.05, 0.1) is 6.04 Å². The minimum Gasteiger partial charge on any atom is -0.341 e. The average molecular weight is 381 g/mol. The maximum absolute atomic E-state index is 12.8. The molecule has 1 unspecified atom stereocenters. The van der Waals surface area contributed by atoms with E-state index >= 15 is 0 Å². The van der Waals surface area contributed by atoms with Crippen molar-refractivity contribution in [2.24, 2.45) is 11.3 Å². The van der Waals surface area contributed by atoms with Crippen molar-refractivity contribution in [1.29, 1.82) is 0 Å². The Kier molecular flexibility index (Phi) is 4.42. The first-order valence-electron chi connectivity index (χ1n) is 10.4. The van der Waals surface area contributed by atoms with E-state index in [4.69, 9.17) is 4.52 Å². The highest BCUT2D eigenvalue weighted by Gasteiger charge is 2.53. The lowest BCUT2D eigenvalue weighted by Gasteiger charge is -2.49. The molecule has 1 aliphatic carbocycles. The third kappa shape index (κ3) is 3.11. The standard InChI is InChI=1S/C21H27N5O2/c1-25-12-21(13-26(14-21)20(27)15-6-3-2-4-7-15)10-17(25)19-23-18(24-28-19)16-8-5-9-22-11-16/h5,8-9,11,15,17H,2-4,6-7,10,12-14H2,1H3. The molecule has 148 valence electrons. The van der Waals surface area contributed by atoms with Crippen molar-refractivity contribution in [3.05, 3.63) is 30.4 Å². The molecule has 2 aromatic rings. The number of aromatic nitrogens is 3. The van der Waals surface area contributed by atoms with Crippen LogP contribution in [0, 0.1) is 11.3 Å². The first-order chi connectivity index (χ1) is 13.6. The van der Waals surface area contributed by atoms with Gasteiger partial charge in [-0.3, -0.25) is 14.7 Å². The van der Waals surface area contributed by atoms with Crippen molar-refractivity contribution < 1.29 is 9.32 Å². The molecular formula is C21H27N5O2. The molecule has 7 heteroatoms. The Bertz CT molecular complexity index is 839. The second kappa shape index (κ2) is 6.95. The summed E-state index contributed by atoms with van der Waals surface area (Å²) >= 11 is 0. The minimum absolute atomic E-state index is 0.116. The molecule has 1 saturated carbocycles. The maximum atomic E-state index is 12.8. The zero-order valence-electron chi connectivity index (χ0n) is 16.4. The number of rotatable bonds is 3. The van der Waals surface area contributed by atoms with Gasteiger partial charge in [0.25, 0.3) is 0 Å². The molecule has 0 bridgehead atoms. The zero-order valence-corrected chi connectivity index (χ0v) is 16.4. The van der Waals surface area contributed by atoms with Crippen molar-refractivity contribution in [3.63, 3.8) is 0 Å². The Hall–Kier alpha value is -2.28. The summed E-state index contributed by atoms with van der Waals surface area (Å²) in [6.07, 6.45) is 10.3. The molecule has 3 aliphatic rings. The summed E-state index contributed by atoms with van der Waals surface area (Å²) < 4.78 is 5.59. The van der Waals surface area contributed by atoms with E-state index in [1.807, 2.05) is 12.1 Å². The zero-order chi connectivity index (χ0) is 19.1. The fraction of sp³-hybridized carbons (Fsp3) is 0.619. The maximum Gasteiger partial charge on any atom is 0.244 e. The SMILES string of the molecule is CN1CC2(CC1c1nc(-c3cccnc3)no1)CN(C(=O)C1CCCCC1)C2. The van der Waals surface area contributed by atoms with Crippen molar-refractivity contribution in [1.82, 2.24) is 24.9 Å². The van der Waals surface area contributed by atoms with Gasteiger partial charge in [0.15, 0.2) is 0 Å². The molecule has 28 heavy (non-hydrogen) atoms. The van der Waals surface area contributed by atoms with Gasteiger partial charge in [0, 0.05) is 48.9 Å². The van der Waals surface area contributed by atoms with Crippen molar-refractivity contribution in [2.45, 2.75) is 44.6 Å². The number of hydrogen-bond acceptors (Lipinski definition) is 6. The van der Waals surface area contributed by atoms with Crippen molar-refractivity contribution in [3.8, 4) is 11.4 Å². The van der Waals surface area contributed by atoms with Gasteiger partial charge in [-0.15, -0.1) is 0 Å². The Labute approximate surface area is 165 Å². The van der Waals surface area contributed by atoms with Crippen LogP contribution in [0.3, 0.4) is 0 Å². The van der Waals surface area contributed by atoms with Gasteiger partial charge in [-0.25, -0.2) is 0 Å². The molecule has 2 saturated heterocycles. The lowest BCUT2D eigenvalue weighted by Crippen LogP contribution is -2.60. The Balaban J connectivity index is 1.24. The summed E-state index contributed by atoms with van der Waals surface area (Å²) in [4.78, 5) is 25.9. The first kappa shape index (κ1) is 17.8. The Morgan fingerprint density at radius 3 is 2.79 bits per heavy atom. The minimum atomic E-state index is 0.116. The van der Waals surface area contributed by atoms with Crippen LogP contribution in [0.5, 0.6) is 0 Å². The van der Waals surface area contributed by atoms with Crippen LogP contribution in [-0.2, 0) is 4.79 Å². The quantitative estimate of drug-likeness (QED) is 0.814. The van der Waals surface area contributed by atoms with Crippen LogP contribution in [0.1, 0.15) is 50.5 Å². The van der Waals surface area contributed by atoms with Crippen LogP contribution in [0.15, 0.2) is 29.0 Å². The van der Waals surface area contributed by atoms with Gasteiger partial charge < -0.3 is 9.42 Å². The second-order valence-electron chi connectivity index (χ2n) is 8.86. The van der Waals surface area contributed by atoms with Crippen LogP contribution in [0.2, 0.25) is 0 Å². The third-order valence-electron chi connectivity index (χ3n) is 6.71. The molecule has 2 aliphatic heterocycles. The molecule has 0 N–H and O–H groups in total. The summed E-state index contributed by atoms with van der Waals surface area (Å²) in [5.41, 5.74) is 1.04. The van der Waals surface area contributed by atoms with Gasteiger partial charge in [-0.1, -0.05) is 24.4 Å². The fourth-order valence-electron chi connectivity index (χ4n) is 5.28. The van der Waals surface area contributed by atoms with Crippen LogP contribution in [0.25, 0.3) is 11.4 Å². The molecule has 4 heterocycles. The molecule has 2 aromatic heterocycles. The first-order valence-corrected chi connectivity index (χ1v) is 10.4. The smallest absolute Gasteiger partial charge is 0.244 e. The van der Waals surface area contributed by atoms with Crippen LogP contribution in [0.4, 0.5) is 0 Å². The summed E-state index contributed by atoms with van der Waals surface area (Å²) in [7, 11) is 2.11. The summed E-state index contributed by atoms with van der Waals surface area (Å²) in [6, 6.07) is 3.92. The van der Waals surface area contributed by atoms with E-state index in [9.17, 15) is 4.79 Å². The normalized spacial score (nSPS) is 25.2. The number of hydrogen-bond donors (Lipinski definition) is 0. The van der Waals surface area contributed by atoms with Crippen LogP contribution >= 0.6 is 0 Å². The Morgan fingerprint density at radius 1 is 1.21 bits per heavy atom. The summed E-state index contributed by atoms with van der Waals surface area (Å²) in [5, 5.41) is 4.14. The molecule has 1 atom stereocenters. The molecule has 0 radical (unpaired) electrons. The molecule has 0 aromatic carbocycles. The van der Waals surface area contributed by atoms with Crippen LogP contribution < -0.4 is 0 Å². The monoisotopic (exact) mass is 381 g/mol. The molecule has 7 nitrogen and oxygen atoms in total. The van der Waals surface area contributed by atoms with E-state index in [0.29, 0.717) is 17.6 Å². The van der Waals surface area contributed by atoms with Crippen LogP contribution in [-0.4, -0.2) is 57.5 Å². The average Bonchev–Trinajstić information content (AvgIpc) is 3.32. The highest BCUT2D eigenvalue weighted by Crippen LogP contribution is 2.48. The number of carbonyl (C=O) groups excluding carboxylic acids is 1. The molecular weight excluding hydrogens is 354 g/mol. The number of likely N-dealkylation sites (tertiary alicyclic amines) is 2. The molecule has 1 amide bonds. The van der Waals surface area contributed by atoms with Crippen molar-refractivity contribution >= 4 is 5.91 Å². The van der Waals surface area contributed by atoms with Gasteiger partial charge in [0.2, 0.25) is 17.6 Å². The summed E-state index contributed by atoms with van der Waals surface area (Å²) in [6.45, 7) is 2.70. The van der Waals surface area contributed by atoms with Gasteiger partial charge in [-0.05, 0) is 38.4 Å². The highest BCUT2D eigenvalue weighted by molar-refractivity contribution is 5.80. The number of carbonyl (C=O) groups is 1. The largest absolute Gasteiger partial charge is 0.341 e. The highest BCUT2D eigenvalue weighted by atomic mass is 16.5. The van der Waals surface area contributed by atoms with E-state index in [1.54, 1.807) is 12.4 Å². The van der Waals surface area contributed by atoms with Gasteiger partial charge in [0.1, 0.15) is 0 Å². The predicted octanol–water partition coefficient (Wildman–Crippen LogP) is 2.92. The molecule has 5 rings (SSSR count). The lowest BCUT2D eigenvalue weighted by molar-refractivity contribution is -0.148. The lowest BCUT2D eigenvalue weighted by atomic mass is 9.76. The van der Waals surface area contributed by atoms with Gasteiger partial charge in [-0.2, -0.15) is 4.98 Å². The van der Waals surface area contributed by atoms with E-state index in [0.717, 1.165) is 44.5 Å². The van der Waals surface area contributed by atoms with E-state index in [1.165, 1.54) is 19.3 Å². The third-order valence-corrected chi connectivity index (χ3v) is 6.71. The molecule has 3 fully saturated rings. The predicted molar refractivity (Wildman–Crippen MR) is 103 cm³/mol. The number of pyridine rings is 1. The summed E-state index contributed by atoms with van der Waals surface area (Å²) in [5.74, 6) is 1.89.